The van der Waals surface area contributed by atoms with Crippen LogP contribution in [0.15, 0.2) is 12.2 Å². The number of ether oxygens (including phenoxy) is 1. The van der Waals surface area contributed by atoms with Crippen LogP contribution in [0.2, 0.25) is 0 Å². The summed E-state index contributed by atoms with van der Waals surface area (Å²) in [6.45, 7) is 6.82. The molecule has 120 valence electrons. The van der Waals surface area contributed by atoms with E-state index in [9.17, 15) is 9.90 Å². The van der Waals surface area contributed by atoms with Crippen LogP contribution in [0, 0.1) is 5.92 Å². The summed E-state index contributed by atoms with van der Waals surface area (Å²) in [6, 6.07) is 0. The lowest BCUT2D eigenvalue weighted by molar-refractivity contribution is -0.133. The minimum atomic E-state index is -0.434. The number of carbonyl (C=O) groups is 1. The van der Waals surface area contributed by atoms with Gasteiger partial charge in [-0.1, -0.05) is 12.2 Å². The van der Waals surface area contributed by atoms with Crippen LogP contribution in [-0.4, -0.2) is 72.9 Å². The van der Waals surface area contributed by atoms with E-state index in [-0.39, 0.29) is 5.91 Å². The molecule has 0 unspecified atom stereocenters. The normalized spacial score (nSPS) is 24.5. The molecule has 0 radical (unpaired) electrons. The van der Waals surface area contributed by atoms with E-state index in [0.717, 1.165) is 39.0 Å². The number of amides is 1. The number of allylic oxidation sites excluding steroid dienone is 2. The van der Waals surface area contributed by atoms with Crippen LogP contribution in [0.1, 0.15) is 26.2 Å². The number of hydrogen-bond donors (Lipinski definition) is 1. The van der Waals surface area contributed by atoms with E-state index >= 15 is 0 Å². The lowest BCUT2D eigenvalue weighted by Gasteiger charge is -2.36. The molecule has 0 spiro atoms. The molecule has 1 amide bonds. The fourth-order valence-electron chi connectivity index (χ4n) is 3.00. The minimum Gasteiger partial charge on any atom is -0.389 e. The molecular weight excluding hydrogens is 268 g/mol. The van der Waals surface area contributed by atoms with Gasteiger partial charge in [-0.25, -0.2) is 0 Å². The van der Waals surface area contributed by atoms with E-state index in [1.807, 2.05) is 11.8 Å². The first-order valence-corrected chi connectivity index (χ1v) is 8.11. The number of hydrogen-bond acceptors (Lipinski definition) is 4. The van der Waals surface area contributed by atoms with Crippen molar-refractivity contribution >= 4 is 5.91 Å². The summed E-state index contributed by atoms with van der Waals surface area (Å²) in [4.78, 5) is 16.4. The quantitative estimate of drug-likeness (QED) is 0.709. The molecule has 21 heavy (non-hydrogen) atoms. The van der Waals surface area contributed by atoms with Crippen LogP contribution in [0.4, 0.5) is 0 Å². The molecule has 0 saturated carbocycles. The summed E-state index contributed by atoms with van der Waals surface area (Å²) in [5.74, 6) is 0.726. The maximum absolute atomic E-state index is 12.2. The minimum absolute atomic E-state index is 0.279. The maximum atomic E-state index is 12.2. The highest BCUT2D eigenvalue weighted by Gasteiger charge is 2.24. The second-order valence-electron chi connectivity index (χ2n) is 5.96. The lowest BCUT2D eigenvalue weighted by atomic mass is 10.0. The molecule has 2 atom stereocenters. The Morgan fingerprint density at radius 3 is 2.76 bits per heavy atom. The first-order valence-electron chi connectivity index (χ1n) is 8.11. The highest BCUT2D eigenvalue weighted by Crippen LogP contribution is 2.21. The third-order valence-electron chi connectivity index (χ3n) is 4.26. The van der Waals surface area contributed by atoms with Crippen molar-refractivity contribution in [1.29, 1.82) is 0 Å². The molecular formula is C16H28N2O3. The third-order valence-corrected chi connectivity index (χ3v) is 4.26. The fourth-order valence-corrected chi connectivity index (χ4v) is 3.00. The van der Waals surface area contributed by atoms with E-state index < -0.39 is 6.10 Å². The number of aliphatic hydroxyl groups is 1. The average molecular weight is 296 g/mol. The molecule has 0 aromatic carbocycles. The molecule has 1 N–H and O–H groups in total. The Hall–Kier alpha value is -0.910. The summed E-state index contributed by atoms with van der Waals surface area (Å²) in [5, 5.41) is 9.84. The van der Waals surface area contributed by atoms with Gasteiger partial charge in [0.15, 0.2) is 0 Å². The van der Waals surface area contributed by atoms with E-state index in [1.165, 1.54) is 0 Å². The molecule has 1 saturated heterocycles. The number of nitrogens with zero attached hydrogens (tertiary/aromatic N) is 2. The van der Waals surface area contributed by atoms with Crippen LogP contribution < -0.4 is 0 Å². The highest BCUT2D eigenvalue weighted by molar-refractivity contribution is 5.76. The number of carbonyl (C=O) groups excluding carboxylic acids is 1. The Balaban J connectivity index is 1.65. The van der Waals surface area contributed by atoms with Crippen LogP contribution in [0.25, 0.3) is 0 Å². The van der Waals surface area contributed by atoms with Gasteiger partial charge in [0.25, 0.3) is 0 Å². The molecule has 0 bridgehead atoms. The van der Waals surface area contributed by atoms with E-state index in [0.29, 0.717) is 32.1 Å². The zero-order valence-electron chi connectivity index (χ0n) is 13.0. The summed E-state index contributed by atoms with van der Waals surface area (Å²) in [7, 11) is 0. The molecule has 2 aliphatic rings. The smallest absolute Gasteiger partial charge is 0.223 e. The fraction of sp³-hybridized carbons (Fsp3) is 0.812. The van der Waals surface area contributed by atoms with Gasteiger partial charge in [0, 0.05) is 45.8 Å². The van der Waals surface area contributed by atoms with Crippen LogP contribution >= 0.6 is 0 Å². The van der Waals surface area contributed by atoms with Crippen LogP contribution in [-0.2, 0) is 9.53 Å². The van der Waals surface area contributed by atoms with Crippen molar-refractivity contribution in [2.45, 2.75) is 32.3 Å². The zero-order valence-corrected chi connectivity index (χ0v) is 13.0. The second kappa shape index (κ2) is 8.51. The van der Waals surface area contributed by atoms with Crippen molar-refractivity contribution in [2.75, 3.05) is 45.9 Å². The summed E-state index contributed by atoms with van der Waals surface area (Å²) >= 11 is 0. The zero-order chi connectivity index (χ0) is 15.1. The van der Waals surface area contributed by atoms with Crippen molar-refractivity contribution in [1.82, 2.24) is 9.80 Å². The van der Waals surface area contributed by atoms with Gasteiger partial charge < -0.3 is 14.7 Å². The second-order valence-corrected chi connectivity index (χ2v) is 5.96. The largest absolute Gasteiger partial charge is 0.389 e. The molecule has 1 aliphatic heterocycles. The van der Waals surface area contributed by atoms with Crippen molar-refractivity contribution in [3.8, 4) is 0 Å². The molecule has 1 aliphatic carbocycles. The Morgan fingerprint density at radius 2 is 2.14 bits per heavy atom. The predicted octanol–water partition coefficient (Wildman–Crippen LogP) is 0.884. The van der Waals surface area contributed by atoms with Gasteiger partial charge in [-0.3, -0.25) is 9.69 Å². The Morgan fingerprint density at radius 1 is 1.38 bits per heavy atom. The Bertz CT molecular complexity index is 351. The molecule has 5 heteroatoms. The summed E-state index contributed by atoms with van der Waals surface area (Å²) < 4.78 is 5.22. The first kappa shape index (κ1) is 16.5. The van der Waals surface area contributed by atoms with Gasteiger partial charge >= 0.3 is 0 Å². The topological polar surface area (TPSA) is 53.0 Å². The monoisotopic (exact) mass is 296 g/mol. The first-order chi connectivity index (χ1) is 10.2. The van der Waals surface area contributed by atoms with E-state index in [2.05, 4.69) is 17.1 Å². The van der Waals surface area contributed by atoms with Gasteiger partial charge in [-0.15, -0.1) is 0 Å². The van der Waals surface area contributed by atoms with E-state index in [4.69, 9.17) is 4.74 Å². The van der Waals surface area contributed by atoms with Gasteiger partial charge in [-0.05, 0) is 25.7 Å². The number of β-amino-alcohol motifs (C(OH)–C–C–N with tert-alkyl or cyclic N) is 1. The SMILES string of the molecule is CCOC[C@@H](O)CN1CCN(C(=O)C[C@@H]2C=CCC2)CC1. The van der Waals surface area contributed by atoms with Crippen molar-refractivity contribution < 1.29 is 14.6 Å². The average Bonchev–Trinajstić information content (AvgIpc) is 2.98. The van der Waals surface area contributed by atoms with Gasteiger partial charge in [-0.2, -0.15) is 0 Å². The standard InChI is InChI=1S/C16H28N2O3/c1-2-21-13-15(19)12-17-7-9-18(10-8-17)16(20)11-14-5-3-4-6-14/h3,5,14-15,19H,2,4,6-13H2,1H3/t14-,15+/m1/s1. The van der Waals surface area contributed by atoms with Crippen LogP contribution in [0.5, 0.6) is 0 Å². The molecule has 1 fully saturated rings. The predicted molar refractivity (Wildman–Crippen MR) is 82.0 cm³/mol. The molecule has 2 rings (SSSR count). The van der Waals surface area contributed by atoms with Gasteiger partial charge in [0.1, 0.15) is 0 Å². The molecule has 1 heterocycles. The van der Waals surface area contributed by atoms with E-state index in [1.54, 1.807) is 0 Å². The van der Waals surface area contributed by atoms with Crippen molar-refractivity contribution in [2.24, 2.45) is 5.92 Å². The number of piperazine rings is 1. The van der Waals surface area contributed by atoms with Gasteiger partial charge in [0.2, 0.25) is 5.91 Å². The third kappa shape index (κ3) is 5.41. The van der Waals surface area contributed by atoms with Crippen molar-refractivity contribution in [3.63, 3.8) is 0 Å². The lowest BCUT2D eigenvalue weighted by Crippen LogP contribution is -2.51. The van der Waals surface area contributed by atoms with Gasteiger partial charge in [0.05, 0.1) is 12.7 Å². The Labute approximate surface area is 127 Å². The molecule has 0 aromatic heterocycles. The maximum Gasteiger partial charge on any atom is 0.223 e. The number of aliphatic hydroxyl groups excluding tert-OH is 1. The molecule has 5 nitrogen and oxygen atoms in total. The summed E-state index contributed by atoms with van der Waals surface area (Å²) in [6.07, 6.45) is 6.81. The summed E-state index contributed by atoms with van der Waals surface area (Å²) in [5.41, 5.74) is 0. The highest BCUT2D eigenvalue weighted by atomic mass is 16.5. The molecule has 0 aromatic rings. The number of rotatable bonds is 7. The Kier molecular flexibility index (Phi) is 6.67. The van der Waals surface area contributed by atoms with Crippen LogP contribution in [0.3, 0.4) is 0 Å². The van der Waals surface area contributed by atoms with Crippen molar-refractivity contribution in [3.05, 3.63) is 12.2 Å².